The third-order valence-corrected chi connectivity index (χ3v) is 5.40. The van der Waals surface area contributed by atoms with Crippen LogP contribution in [0.15, 0.2) is 55.1 Å². The van der Waals surface area contributed by atoms with E-state index >= 15 is 0 Å². The van der Waals surface area contributed by atoms with Crippen LogP contribution >= 0.6 is 0 Å². The van der Waals surface area contributed by atoms with Crippen LogP contribution in [-0.2, 0) is 33.0 Å². The SMILES string of the molecule is C=CCOc1ccccc1CN1C(=O)C2(OCCO2)c2cc(CCCC)ccc21. The summed E-state index contributed by atoms with van der Waals surface area (Å²) in [6, 6.07) is 14.0. The highest BCUT2D eigenvalue weighted by Crippen LogP contribution is 2.47. The summed E-state index contributed by atoms with van der Waals surface area (Å²) < 4.78 is 17.6. The molecule has 152 valence electrons. The van der Waals surface area contributed by atoms with Crippen LogP contribution < -0.4 is 9.64 Å². The Hall–Kier alpha value is -2.63. The molecule has 2 aliphatic rings. The Bertz CT molecular complexity index is 902. The number of nitrogens with zero attached hydrogens (tertiary/aromatic N) is 1. The normalized spacial score (nSPS) is 17.0. The van der Waals surface area contributed by atoms with Crippen LogP contribution in [0.1, 0.15) is 36.5 Å². The van der Waals surface area contributed by atoms with Crippen LogP contribution in [0.5, 0.6) is 5.75 Å². The molecule has 2 heterocycles. The van der Waals surface area contributed by atoms with E-state index in [1.165, 1.54) is 5.56 Å². The molecule has 2 aromatic rings. The predicted octanol–water partition coefficient (Wildman–Crippen LogP) is 4.34. The molecule has 0 unspecified atom stereocenters. The third kappa shape index (κ3) is 3.56. The summed E-state index contributed by atoms with van der Waals surface area (Å²) in [5.74, 6) is -0.735. The third-order valence-electron chi connectivity index (χ3n) is 5.40. The molecular formula is C24H27NO4. The fourth-order valence-electron chi connectivity index (χ4n) is 3.96. The highest BCUT2D eigenvalue weighted by Gasteiger charge is 2.56. The minimum absolute atomic E-state index is 0.170. The maximum absolute atomic E-state index is 13.5. The van der Waals surface area contributed by atoms with E-state index in [-0.39, 0.29) is 5.91 Å². The van der Waals surface area contributed by atoms with Gasteiger partial charge in [0.1, 0.15) is 12.4 Å². The zero-order valence-electron chi connectivity index (χ0n) is 16.9. The largest absolute Gasteiger partial charge is 0.489 e. The molecule has 0 bridgehead atoms. The molecule has 1 amide bonds. The lowest BCUT2D eigenvalue weighted by molar-refractivity contribution is -0.180. The Morgan fingerprint density at radius 2 is 2.00 bits per heavy atom. The van der Waals surface area contributed by atoms with E-state index in [0.717, 1.165) is 41.8 Å². The number of hydrogen-bond donors (Lipinski definition) is 0. The van der Waals surface area contributed by atoms with Gasteiger partial charge >= 0.3 is 0 Å². The van der Waals surface area contributed by atoms with Gasteiger partial charge in [0.2, 0.25) is 0 Å². The summed E-state index contributed by atoms with van der Waals surface area (Å²) in [4.78, 5) is 15.2. The summed E-state index contributed by atoms with van der Waals surface area (Å²) in [7, 11) is 0. The molecule has 1 spiro atoms. The van der Waals surface area contributed by atoms with Gasteiger partial charge in [0.05, 0.1) is 25.4 Å². The number of unbranched alkanes of at least 4 members (excludes halogenated alkanes) is 1. The standard InChI is InChI=1S/C24H27NO4/c1-3-5-8-18-11-12-21-20(16-18)24(28-14-15-29-24)23(26)25(21)17-19-9-6-7-10-22(19)27-13-4-2/h4,6-7,9-12,16H,2-3,5,8,13-15,17H2,1H3. The molecule has 1 fully saturated rings. The van der Waals surface area contributed by atoms with Crippen LogP contribution in [0.4, 0.5) is 5.69 Å². The number of fused-ring (bicyclic) bond motifs is 2. The van der Waals surface area contributed by atoms with E-state index in [2.05, 4.69) is 25.6 Å². The van der Waals surface area contributed by atoms with Gasteiger partial charge in [-0.25, -0.2) is 0 Å². The molecule has 0 aliphatic carbocycles. The number of benzene rings is 2. The van der Waals surface area contributed by atoms with Gasteiger partial charge in [-0.15, -0.1) is 0 Å². The number of carbonyl (C=O) groups excluding carboxylic acids is 1. The summed E-state index contributed by atoms with van der Waals surface area (Å²) in [5.41, 5.74) is 3.79. The van der Waals surface area contributed by atoms with Gasteiger partial charge in [-0.1, -0.05) is 50.3 Å². The highest BCUT2D eigenvalue weighted by molar-refractivity contribution is 6.06. The van der Waals surface area contributed by atoms with Crippen LogP contribution in [-0.4, -0.2) is 25.7 Å². The van der Waals surface area contributed by atoms with Crippen molar-refractivity contribution in [2.24, 2.45) is 0 Å². The molecule has 0 saturated carbocycles. The molecule has 2 aromatic carbocycles. The Morgan fingerprint density at radius 3 is 2.76 bits per heavy atom. The topological polar surface area (TPSA) is 48.0 Å². The number of anilines is 1. The van der Waals surface area contributed by atoms with Crippen molar-refractivity contribution in [1.82, 2.24) is 0 Å². The molecule has 0 radical (unpaired) electrons. The summed E-state index contributed by atoms with van der Waals surface area (Å²) in [5, 5.41) is 0. The first-order valence-electron chi connectivity index (χ1n) is 10.2. The molecular weight excluding hydrogens is 366 g/mol. The summed E-state index contributed by atoms with van der Waals surface area (Å²) in [6.45, 7) is 7.52. The summed E-state index contributed by atoms with van der Waals surface area (Å²) in [6.07, 6.45) is 4.92. The monoisotopic (exact) mass is 393 g/mol. The minimum Gasteiger partial charge on any atom is -0.489 e. The van der Waals surface area contributed by atoms with Gasteiger partial charge in [-0.3, -0.25) is 4.79 Å². The van der Waals surface area contributed by atoms with Gasteiger partial charge in [-0.2, -0.15) is 0 Å². The van der Waals surface area contributed by atoms with Crippen molar-refractivity contribution in [3.8, 4) is 5.75 Å². The zero-order chi connectivity index (χ0) is 20.3. The quantitative estimate of drug-likeness (QED) is 0.626. The number of aryl methyl sites for hydroxylation is 1. The minimum atomic E-state index is -1.31. The number of ether oxygens (including phenoxy) is 3. The molecule has 0 aromatic heterocycles. The Balaban J connectivity index is 1.69. The average molecular weight is 393 g/mol. The zero-order valence-corrected chi connectivity index (χ0v) is 16.9. The number of para-hydroxylation sites is 1. The maximum atomic E-state index is 13.5. The molecule has 2 aliphatic heterocycles. The predicted molar refractivity (Wildman–Crippen MR) is 112 cm³/mol. The first kappa shape index (κ1) is 19.7. The van der Waals surface area contributed by atoms with Crippen molar-refractivity contribution in [2.45, 2.75) is 38.5 Å². The van der Waals surface area contributed by atoms with Gasteiger partial charge in [0, 0.05) is 11.1 Å². The summed E-state index contributed by atoms with van der Waals surface area (Å²) >= 11 is 0. The Labute approximate surface area is 171 Å². The van der Waals surface area contributed by atoms with Crippen molar-refractivity contribution < 1.29 is 19.0 Å². The maximum Gasteiger partial charge on any atom is 0.292 e. The average Bonchev–Trinajstić information content (AvgIpc) is 3.33. The first-order chi connectivity index (χ1) is 14.2. The fourth-order valence-corrected chi connectivity index (χ4v) is 3.96. The molecule has 5 nitrogen and oxygen atoms in total. The second kappa shape index (κ2) is 8.39. The van der Waals surface area contributed by atoms with Crippen molar-refractivity contribution in [3.63, 3.8) is 0 Å². The molecule has 4 rings (SSSR count). The van der Waals surface area contributed by atoms with E-state index in [1.807, 2.05) is 30.3 Å². The molecule has 0 atom stereocenters. The highest BCUT2D eigenvalue weighted by atomic mass is 16.7. The van der Waals surface area contributed by atoms with Crippen LogP contribution in [0.3, 0.4) is 0 Å². The van der Waals surface area contributed by atoms with Crippen molar-refractivity contribution in [2.75, 3.05) is 24.7 Å². The number of hydrogen-bond acceptors (Lipinski definition) is 4. The van der Waals surface area contributed by atoms with E-state index in [4.69, 9.17) is 14.2 Å². The Kier molecular flexibility index (Phi) is 5.69. The van der Waals surface area contributed by atoms with Crippen molar-refractivity contribution in [1.29, 1.82) is 0 Å². The van der Waals surface area contributed by atoms with E-state index in [9.17, 15) is 4.79 Å². The smallest absolute Gasteiger partial charge is 0.292 e. The first-order valence-corrected chi connectivity index (χ1v) is 10.2. The van der Waals surface area contributed by atoms with Gasteiger partial charge in [-0.05, 0) is 36.6 Å². The van der Waals surface area contributed by atoms with Gasteiger partial charge in [0.25, 0.3) is 11.7 Å². The lowest BCUT2D eigenvalue weighted by atomic mass is 10.0. The number of amides is 1. The Morgan fingerprint density at radius 1 is 1.21 bits per heavy atom. The second-order valence-electron chi connectivity index (χ2n) is 7.37. The lowest BCUT2D eigenvalue weighted by Crippen LogP contribution is -2.41. The van der Waals surface area contributed by atoms with E-state index in [1.54, 1.807) is 11.0 Å². The van der Waals surface area contributed by atoms with Gasteiger partial charge in [0.15, 0.2) is 0 Å². The van der Waals surface area contributed by atoms with Crippen molar-refractivity contribution >= 4 is 11.6 Å². The molecule has 5 heteroatoms. The molecule has 1 saturated heterocycles. The van der Waals surface area contributed by atoms with Crippen LogP contribution in [0, 0.1) is 0 Å². The number of rotatable bonds is 8. The molecule has 29 heavy (non-hydrogen) atoms. The second-order valence-corrected chi connectivity index (χ2v) is 7.37. The molecule has 0 N–H and O–H groups in total. The van der Waals surface area contributed by atoms with E-state index < -0.39 is 5.79 Å². The van der Waals surface area contributed by atoms with Crippen LogP contribution in [0.25, 0.3) is 0 Å². The fraction of sp³-hybridized carbons (Fsp3) is 0.375. The van der Waals surface area contributed by atoms with Gasteiger partial charge < -0.3 is 19.1 Å². The van der Waals surface area contributed by atoms with E-state index in [0.29, 0.717) is 26.4 Å². The van der Waals surface area contributed by atoms with Crippen molar-refractivity contribution in [3.05, 3.63) is 71.8 Å². The van der Waals surface area contributed by atoms with Crippen LogP contribution in [0.2, 0.25) is 0 Å². The number of carbonyl (C=O) groups is 1. The lowest BCUT2D eigenvalue weighted by Gasteiger charge is -2.23.